The number of rotatable bonds is 10. The third-order valence-corrected chi connectivity index (χ3v) is 7.48. The van der Waals surface area contributed by atoms with Crippen molar-refractivity contribution in [2.75, 3.05) is 33.5 Å². The molecule has 0 aliphatic carbocycles. The highest BCUT2D eigenvalue weighted by Crippen LogP contribution is 2.15. The number of hydrogen-bond donors (Lipinski definition) is 1. The summed E-state index contributed by atoms with van der Waals surface area (Å²) in [6, 6.07) is 13.4. The lowest BCUT2D eigenvalue weighted by molar-refractivity contribution is -0.141. The fourth-order valence-electron chi connectivity index (χ4n) is 3.49. The second-order valence-corrected chi connectivity index (χ2v) is 10.5. The molecule has 0 spiro atoms. The summed E-state index contributed by atoms with van der Waals surface area (Å²) in [7, 11) is 0.0663. The van der Waals surface area contributed by atoms with E-state index in [2.05, 4.69) is 4.74 Å². The van der Waals surface area contributed by atoms with Gasteiger partial charge in [0.15, 0.2) is 6.61 Å². The fraction of sp³-hybridized carbons (Fsp3) is 0.240. The molecule has 0 fully saturated rings. The molecule has 3 aromatic rings. The summed E-state index contributed by atoms with van der Waals surface area (Å²) < 4.78 is 36.5. The summed E-state index contributed by atoms with van der Waals surface area (Å²) >= 11 is 0. The molecular weight excluding hydrogens is 532 g/mol. The summed E-state index contributed by atoms with van der Waals surface area (Å²) in [5, 5.41) is 0. The van der Waals surface area contributed by atoms with E-state index in [0.29, 0.717) is 10.1 Å². The molecule has 0 saturated carbocycles. The maximum atomic E-state index is 13.0. The fourth-order valence-corrected chi connectivity index (χ4v) is 4.39. The van der Waals surface area contributed by atoms with Gasteiger partial charge in [-0.3, -0.25) is 19.0 Å². The number of nitrogens with two attached hydrogens (primary N) is 1. The van der Waals surface area contributed by atoms with Crippen LogP contribution in [0, 0.1) is 0 Å². The van der Waals surface area contributed by atoms with Gasteiger partial charge in [0.05, 0.1) is 24.1 Å². The Kier molecular flexibility index (Phi) is 8.83. The normalized spacial score (nSPS) is 11.3. The second-order valence-electron chi connectivity index (χ2n) is 8.39. The van der Waals surface area contributed by atoms with Crippen LogP contribution in [0.4, 0.5) is 5.82 Å². The first-order valence-corrected chi connectivity index (χ1v) is 12.8. The number of ether oxygens (including phenoxy) is 2. The van der Waals surface area contributed by atoms with Crippen molar-refractivity contribution in [2.24, 2.45) is 0 Å². The lowest BCUT2D eigenvalue weighted by atomic mass is 10.1. The maximum absolute atomic E-state index is 13.0. The number of benzene rings is 2. The van der Waals surface area contributed by atoms with Gasteiger partial charge in [0.2, 0.25) is 15.8 Å². The minimum atomic E-state index is -3.72. The Hall–Kier alpha value is -4.56. The number of hydrogen-bond acceptors (Lipinski definition) is 10. The Morgan fingerprint density at radius 1 is 0.949 bits per heavy atom. The number of ketones is 1. The van der Waals surface area contributed by atoms with Crippen LogP contribution in [0.2, 0.25) is 0 Å². The first-order valence-electron chi connectivity index (χ1n) is 11.3. The first kappa shape index (κ1) is 29.0. The van der Waals surface area contributed by atoms with E-state index in [-0.39, 0.29) is 17.0 Å². The van der Waals surface area contributed by atoms with Crippen molar-refractivity contribution in [1.82, 2.24) is 13.4 Å². The zero-order valence-electron chi connectivity index (χ0n) is 21.3. The van der Waals surface area contributed by atoms with Crippen LogP contribution in [-0.2, 0) is 37.4 Å². The number of carbonyl (C=O) groups is 3. The van der Waals surface area contributed by atoms with Crippen LogP contribution in [0.15, 0.2) is 69.1 Å². The third kappa shape index (κ3) is 6.30. The Morgan fingerprint density at radius 3 is 2.13 bits per heavy atom. The SMILES string of the molecule is COC(=O)Cn1c(=O)c(C(=O)COC(=O)c2ccc(S(=O)(=O)N(C)C)cc2)c(N)n(Cc2ccccc2)c1=O. The standard InChI is InChI=1S/C25H26N4O9S/c1-27(2)39(35,36)18-11-9-17(10-12-18)24(33)38-15-19(30)21-22(26)28(13-16-7-5-4-6-8-16)25(34)29(23(21)32)14-20(31)37-3/h4-12H,13-15,26H2,1-3H3. The van der Waals surface area contributed by atoms with Gasteiger partial charge in [-0.1, -0.05) is 30.3 Å². The zero-order chi connectivity index (χ0) is 28.9. The molecule has 1 aromatic heterocycles. The molecular formula is C25H26N4O9S. The molecule has 39 heavy (non-hydrogen) atoms. The van der Waals surface area contributed by atoms with Gasteiger partial charge in [-0.2, -0.15) is 0 Å². The van der Waals surface area contributed by atoms with Crippen molar-refractivity contribution in [2.45, 2.75) is 18.0 Å². The van der Waals surface area contributed by atoms with E-state index in [9.17, 15) is 32.4 Å². The molecule has 14 heteroatoms. The minimum Gasteiger partial charge on any atom is -0.468 e. The van der Waals surface area contributed by atoms with E-state index in [0.717, 1.165) is 16.0 Å². The van der Waals surface area contributed by atoms with Gasteiger partial charge >= 0.3 is 17.6 Å². The van der Waals surface area contributed by atoms with E-state index in [1.165, 1.54) is 38.4 Å². The average molecular weight is 559 g/mol. The molecule has 13 nitrogen and oxygen atoms in total. The number of methoxy groups -OCH3 is 1. The molecule has 0 unspecified atom stereocenters. The van der Waals surface area contributed by atoms with Crippen molar-refractivity contribution >= 4 is 33.6 Å². The van der Waals surface area contributed by atoms with Gasteiger partial charge in [-0.15, -0.1) is 0 Å². The highest BCUT2D eigenvalue weighted by molar-refractivity contribution is 7.89. The number of carbonyl (C=O) groups excluding carboxylic acids is 3. The largest absolute Gasteiger partial charge is 0.468 e. The van der Waals surface area contributed by atoms with Crippen LogP contribution < -0.4 is 17.0 Å². The van der Waals surface area contributed by atoms with E-state index in [4.69, 9.17) is 10.5 Å². The number of esters is 2. The van der Waals surface area contributed by atoms with E-state index in [1.807, 2.05) is 0 Å². The molecule has 0 saturated heterocycles. The zero-order valence-corrected chi connectivity index (χ0v) is 22.1. The summed E-state index contributed by atoms with van der Waals surface area (Å²) in [6.07, 6.45) is 0. The molecule has 0 radical (unpaired) electrons. The van der Waals surface area contributed by atoms with E-state index >= 15 is 0 Å². The number of aromatic nitrogens is 2. The van der Waals surface area contributed by atoms with Crippen LogP contribution in [0.3, 0.4) is 0 Å². The Morgan fingerprint density at radius 2 is 1.56 bits per heavy atom. The predicted octanol–water partition coefficient (Wildman–Crippen LogP) is 0.104. The molecule has 0 aliphatic rings. The van der Waals surface area contributed by atoms with Crippen molar-refractivity contribution in [1.29, 1.82) is 0 Å². The van der Waals surface area contributed by atoms with Crippen molar-refractivity contribution in [3.63, 3.8) is 0 Å². The summed E-state index contributed by atoms with van der Waals surface area (Å²) in [5.41, 5.74) is 3.92. The van der Waals surface area contributed by atoms with Crippen LogP contribution in [0.25, 0.3) is 0 Å². The first-order chi connectivity index (χ1) is 18.4. The molecule has 3 rings (SSSR count). The van der Waals surface area contributed by atoms with Crippen molar-refractivity contribution in [3.8, 4) is 0 Å². The highest BCUT2D eigenvalue weighted by Gasteiger charge is 2.25. The van der Waals surface area contributed by atoms with Crippen LogP contribution >= 0.6 is 0 Å². The number of Topliss-reactive ketones (excluding diaryl/α,β-unsaturated/α-hetero) is 1. The number of anilines is 1. The lowest BCUT2D eigenvalue weighted by Gasteiger charge is -2.16. The topological polar surface area (TPSA) is 177 Å². The summed E-state index contributed by atoms with van der Waals surface area (Å²) in [5.74, 6) is -3.36. The second kappa shape index (κ2) is 11.9. The molecule has 0 amide bonds. The van der Waals surface area contributed by atoms with Crippen molar-refractivity contribution in [3.05, 3.63) is 92.1 Å². The Labute approximate surface area is 223 Å². The molecule has 0 bridgehead atoms. The van der Waals surface area contributed by atoms with Crippen molar-refractivity contribution < 1.29 is 32.3 Å². The molecule has 0 aliphatic heterocycles. The van der Waals surface area contributed by atoms with Crippen LogP contribution in [0.5, 0.6) is 0 Å². The maximum Gasteiger partial charge on any atom is 0.338 e. The Balaban J connectivity index is 1.92. The summed E-state index contributed by atoms with van der Waals surface area (Å²) in [4.78, 5) is 63.4. The number of nitrogens with zero attached hydrogens (tertiary/aromatic N) is 3. The van der Waals surface area contributed by atoms with Gasteiger partial charge in [0, 0.05) is 14.1 Å². The van der Waals surface area contributed by atoms with Crippen LogP contribution in [0.1, 0.15) is 26.3 Å². The third-order valence-electron chi connectivity index (χ3n) is 5.65. The monoisotopic (exact) mass is 558 g/mol. The average Bonchev–Trinajstić information content (AvgIpc) is 2.92. The van der Waals surface area contributed by atoms with Gasteiger partial charge in [0.25, 0.3) is 5.56 Å². The van der Waals surface area contributed by atoms with E-state index < -0.39 is 63.5 Å². The molecule has 2 N–H and O–H groups in total. The Bertz CT molecular complexity index is 1620. The molecule has 1 heterocycles. The molecule has 0 atom stereocenters. The van der Waals surface area contributed by atoms with E-state index in [1.54, 1.807) is 30.3 Å². The van der Waals surface area contributed by atoms with Gasteiger partial charge < -0.3 is 15.2 Å². The van der Waals surface area contributed by atoms with Gasteiger partial charge in [-0.05, 0) is 29.8 Å². The quantitative estimate of drug-likeness (QED) is 0.265. The lowest BCUT2D eigenvalue weighted by Crippen LogP contribution is -2.46. The highest BCUT2D eigenvalue weighted by atomic mass is 32.2. The minimum absolute atomic E-state index is 0.0503. The number of sulfonamides is 1. The predicted molar refractivity (Wildman–Crippen MR) is 139 cm³/mol. The molecule has 2 aromatic carbocycles. The molecule has 206 valence electrons. The number of nitrogen functional groups attached to an aromatic ring is 1. The van der Waals surface area contributed by atoms with Gasteiger partial charge in [0.1, 0.15) is 17.9 Å². The van der Waals surface area contributed by atoms with Crippen LogP contribution in [-0.4, -0.2) is 67.4 Å². The summed E-state index contributed by atoms with van der Waals surface area (Å²) in [6.45, 7) is -1.81. The smallest absolute Gasteiger partial charge is 0.338 e. The van der Waals surface area contributed by atoms with Gasteiger partial charge in [-0.25, -0.2) is 26.9 Å².